The molecule has 5 nitrogen and oxygen atoms in total. The second-order valence-corrected chi connectivity index (χ2v) is 5.78. The fourth-order valence-electron chi connectivity index (χ4n) is 1.71. The maximum Gasteiger partial charge on any atom is 0.412 e. The van der Waals surface area contributed by atoms with Crippen molar-refractivity contribution in [3.05, 3.63) is 23.9 Å². The maximum absolute atomic E-state index is 11.8. The zero-order valence-electron chi connectivity index (χ0n) is 12.7. The molecule has 1 aliphatic rings. The molecule has 0 aromatic heterocycles. The van der Waals surface area contributed by atoms with Gasteiger partial charge in [-0.3, -0.25) is 10.1 Å². The second kappa shape index (κ2) is 7.12. The average molecular weight is 280 g/mol. The summed E-state index contributed by atoms with van der Waals surface area (Å²) in [6.07, 6.45) is 6.39. The SMILES string of the molecule is CCCNC(=O)C1C=CC(NC(=O)OC(C)(C)C)=CC1. The molecule has 1 unspecified atom stereocenters. The summed E-state index contributed by atoms with van der Waals surface area (Å²) < 4.78 is 5.16. The van der Waals surface area contributed by atoms with Gasteiger partial charge in [-0.2, -0.15) is 0 Å². The van der Waals surface area contributed by atoms with Gasteiger partial charge >= 0.3 is 6.09 Å². The largest absolute Gasteiger partial charge is 0.444 e. The molecule has 0 heterocycles. The van der Waals surface area contributed by atoms with Crippen LogP contribution < -0.4 is 10.6 Å². The van der Waals surface area contributed by atoms with Crippen LogP contribution in [0.5, 0.6) is 0 Å². The molecular weight excluding hydrogens is 256 g/mol. The van der Waals surface area contributed by atoms with Crippen molar-refractivity contribution in [3.8, 4) is 0 Å². The lowest BCUT2D eigenvalue weighted by molar-refractivity contribution is -0.123. The average Bonchev–Trinajstić information content (AvgIpc) is 2.34. The molecule has 0 fully saturated rings. The highest BCUT2D eigenvalue weighted by atomic mass is 16.6. The van der Waals surface area contributed by atoms with Gasteiger partial charge in [0.15, 0.2) is 0 Å². The number of nitrogens with one attached hydrogen (secondary N) is 2. The van der Waals surface area contributed by atoms with Crippen molar-refractivity contribution < 1.29 is 14.3 Å². The molecule has 1 aliphatic carbocycles. The van der Waals surface area contributed by atoms with Gasteiger partial charge in [0.25, 0.3) is 0 Å². The predicted molar refractivity (Wildman–Crippen MR) is 78.0 cm³/mol. The normalized spacial score (nSPS) is 18.2. The van der Waals surface area contributed by atoms with Gasteiger partial charge in [0, 0.05) is 12.2 Å². The number of hydrogen-bond donors (Lipinski definition) is 2. The van der Waals surface area contributed by atoms with Crippen LogP contribution in [0.15, 0.2) is 23.9 Å². The predicted octanol–water partition coefficient (Wildman–Crippen LogP) is 2.50. The topological polar surface area (TPSA) is 67.4 Å². The van der Waals surface area contributed by atoms with Crippen LogP contribution in [-0.2, 0) is 9.53 Å². The van der Waals surface area contributed by atoms with Crippen molar-refractivity contribution in [1.82, 2.24) is 10.6 Å². The van der Waals surface area contributed by atoms with Gasteiger partial charge in [-0.15, -0.1) is 0 Å². The molecule has 20 heavy (non-hydrogen) atoms. The van der Waals surface area contributed by atoms with Crippen LogP contribution in [0.25, 0.3) is 0 Å². The second-order valence-electron chi connectivity index (χ2n) is 5.78. The van der Waals surface area contributed by atoms with Crippen LogP contribution in [0, 0.1) is 5.92 Å². The zero-order valence-corrected chi connectivity index (χ0v) is 12.7. The molecule has 1 rings (SSSR count). The van der Waals surface area contributed by atoms with E-state index < -0.39 is 11.7 Å². The monoisotopic (exact) mass is 280 g/mol. The maximum atomic E-state index is 11.8. The molecule has 5 heteroatoms. The number of ether oxygens (including phenoxy) is 1. The van der Waals surface area contributed by atoms with E-state index in [-0.39, 0.29) is 11.8 Å². The van der Waals surface area contributed by atoms with Gasteiger partial charge in [-0.1, -0.05) is 19.1 Å². The first-order valence-corrected chi connectivity index (χ1v) is 6.98. The number of carbonyl (C=O) groups excluding carboxylic acids is 2. The Morgan fingerprint density at radius 1 is 1.40 bits per heavy atom. The number of hydrogen-bond acceptors (Lipinski definition) is 3. The Labute approximate surface area is 120 Å². The summed E-state index contributed by atoms with van der Waals surface area (Å²) in [5.74, 6) is -0.138. The third-order valence-corrected chi connectivity index (χ3v) is 2.63. The fourth-order valence-corrected chi connectivity index (χ4v) is 1.71. The summed E-state index contributed by atoms with van der Waals surface area (Å²) in [5.41, 5.74) is 0.143. The highest BCUT2D eigenvalue weighted by Crippen LogP contribution is 2.16. The molecule has 0 aromatic carbocycles. The highest BCUT2D eigenvalue weighted by molar-refractivity contribution is 5.81. The molecule has 0 radical (unpaired) electrons. The van der Waals surface area contributed by atoms with Crippen LogP contribution in [0.4, 0.5) is 4.79 Å². The van der Waals surface area contributed by atoms with Crippen molar-refractivity contribution in [2.75, 3.05) is 6.54 Å². The lowest BCUT2D eigenvalue weighted by Crippen LogP contribution is -2.33. The standard InChI is InChI=1S/C15H24N2O3/c1-5-10-16-13(18)11-6-8-12(9-7-11)17-14(19)20-15(2,3)4/h6,8-9,11H,5,7,10H2,1-4H3,(H,16,18)(H,17,19). The van der Waals surface area contributed by atoms with Crippen LogP contribution in [-0.4, -0.2) is 24.1 Å². The number of allylic oxidation sites excluding steroid dienone is 2. The van der Waals surface area contributed by atoms with Crippen molar-refractivity contribution in [3.63, 3.8) is 0 Å². The number of amides is 2. The van der Waals surface area contributed by atoms with Gasteiger partial charge in [0.05, 0.1) is 5.92 Å². The summed E-state index contributed by atoms with van der Waals surface area (Å²) in [7, 11) is 0. The third-order valence-electron chi connectivity index (χ3n) is 2.63. The van der Waals surface area contributed by atoms with Crippen LogP contribution >= 0.6 is 0 Å². The summed E-state index contributed by atoms with van der Waals surface area (Å²) >= 11 is 0. The van der Waals surface area contributed by atoms with Crippen molar-refractivity contribution in [1.29, 1.82) is 0 Å². The van der Waals surface area contributed by atoms with Gasteiger partial charge in [0.1, 0.15) is 5.60 Å². The van der Waals surface area contributed by atoms with Crippen molar-refractivity contribution in [2.45, 2.75) is 46.1 Å². The highest BCUT2D eigenvalue weighted by Gasteiger charge is 2.19. The lowest BCUT2D eigenvalue weighted by Gasteiger charge is -2.21. The fraction of sp³-hybridized carbons (Fsp3) is 0.600. The molecule has 2 N–H and O–H groups in total. The number of alkyl carbamates (subject to hydrolysis) is 1. The van der Waals surface area contributed by atoms with Crippen LogP contribution in [0.1, 0.15) is 40.5 Å². The summed E-state index contributed by atoms with van der Waals surface area (Å²) in [5, 5.41) is 5.52. The van der Waals surface area contributed by atoms with E-state index in [9.17, 15) is 9.59 Å². The van der Waals surface area contributed by atoms with Crippen LogP contribution in [0.3, 0.4) is 0 Å². The molecule has 112 valence electrons. The quantitative estimate of drug-likeness (QED) is 0.831. The Bertz CT molecular complexity index is 419. The summed E-state index contributed by atoms with van der Waals surface area (Å²) in [4.78, 5) is 23.4. The van der Waals surface area contributed by atoms with E-state index in [0.717, 1.165) is 6.42 Å². The Morgan fingerprint density at radius 2 is 2.10 bits per heavy atom. The third kappa shape index (κ3) is 5.91. The van der Waals surface area contributed by atoms with E-state index in [1.165, 1.54) is 0 Å². The summed E-state index contributed by atoms with van der Waals surface area (Å²) in [6.45, 7) is 8.14. The van der Waals surface area contributed by atoms with E-state index in [1.54, 1.807) is 12.2 Å². The smallest absolute Gasteiger partial charge is 0.412 e. The Balaban J connectivity index is 2.43. The molecule has 0 spiro atoms. The first-order valence-electron chi connectivity index (χ1n) is 6.98. The van der Waals surface area contributed by atoms with Gasteiger partial charge in [-0.05, 0) is 39.7 Å². The number of carbonyl (C=O) groups is 2. The van der Waals surface area contributed by atoms with Crippen molar-refractivity contribution >= 4 is 12.0 Å². The minimum Gasteiger partial charge on any atom is -0.444 e. The summed E-state index contributed by atoms with van der Waals surface area (Å²) in [6, 6.07) is 0. The molecule has 1 atom stereocenters. The molecular formula is C15H24N2O3. The van der Waals surface area contributed by atoms with E-state index in [1.807, 2.05) is 33.8 Å². The molecule has 0 bridgehead atoms. The molecule has 0 saturated heterocycles. The Kier molecular flexibility index (Phi) is 5.80. The first kappa shape index (κ1) is 16.3. The number of rotatable bonds is 4. The van der Waals surface area contributed by atoms with Crippen LogP contribution in [0.2, 0.25) is 0 Å². The zero-order chi connectivity index (χ0) is 15.2. The van der Waals surface area contributed by atoms with E-state index in [4.69, 9.17) is 4.74 Å². The van der Waals surface area contributed by atoms with Gasteiger partial charge < -0.3 is 10.1 Å². The molecule has 0 aromatic rings. The lowest BCUT2D eigenvalue weighted by atomic mass is 9.98. The van der Waals surface area contributed by atoms with E-state index in [0.29, 0.717) is 18.7 Å². The molecule has 0 saturated carbocycles. The van der Waals surface area contributed by atoms with Gasteiger partial charge in [0.2, 0.25) is 5.91 Å². The Hall–Kier alpha value is -1.78. The van der Waals surface area contributed by atoms with Gasteiger partial charge in [-0.25, -0.2) is 4.79 Å². The first-order chi connectivity index (χ1) is 9.31. The minimum absolute atomic E-state index is 0.0238. The molecule has 2 amide bonds. The Morgan fingerprint density at radius 3 is 2.60 bits per heavy atom. The van der Waals surface area contributed by atoms with E-state index in [2.05, 4.69) is 10.6 Å². The van der Waals surface area contributed by atoms with Crippen molar-refractivity contribution in [2.24, 2.45) is 5.92 Å². The molecule has 0 aliphatic heterocycles. The van der Waals surface area contributed by atoms with E-state index >= 15 is 0 Å². The minimum atomic E-state index is -0.522.